The molecule has 0 unspecified atom stereocenters. The molecule has 110 valence electrons. The van der Waals surface area contributed by atoms with Crippen molar-refractivity contribution >= 4 is 11.8 Å². The van der Waals surface area contributed by atoms with Crippen molar-refractivity contribution in [2.75, 3.05) is 18.6 Å². The van der Waals surface area contributed by atoms with E-state index in [1.807, 2.05) is 12.1 Å². The SMILES string of the molecule is COc1ccc(C2(c3nnc(N)nc3N)CCCC2)cc1. The van der Waals surface area contributed by atoms with Gasteiger partial charge in [-0.05, 0) is 30.5 Å². The van der Waals surface area contributed by atoms with Gasteiger partial charge in [0.2, 0.25) is 5.95 Å². The monoisotopic (exact) mass is 285 g/mol. The van der Waals surface area contributed by atoms with Crippen LogP contribution >= 0.6 is 0 Å². The molecule has 1 aromatic heterocycles. The molecule has 1 saturated carbocycles. The van der Waals surface area contributed by atoms with E-state index in [4.69, 9.17) is 16.2 Å². The highest BCUT2D eigenvalue weighted by molar-refractivity contribution is 5.49. The molecule has 1 fully saturated rings. The zero-order valence-electron chi connectivity index (χ0n) is 12.0. The third-order valence-electron chi connectivity index (χ3n) is 4.28. The molecule has 4 N–H and O–H groups in total. The predicted molar refractivity (Wildman–Crippen MR) is 80.9 cm³/mol. The van der Waals surface area contributed by atoms with Crippen molar-refractivity contribution in [3.05, 3.63) is 35.5 Å². The summed E-state index contributed by atoms with van der Waals surface area (Å²) >= 11 is 0. The van der Waals surface area contributed by atoms with Crippen LogP contribution < -0.4 is 16.2 Å². The van der Waals surface area contributed by atoms with Gasteiger partial charge in [0.1, 0.15) is 11.4 Å². The van der Waals surface area contributed by atoms with E-state index in [-0.39, 0.29) is 11.4 Å². The van der Waals surface area contributed by atoms with Crippen molar-refractivity contribution < 1.29 is 4.74 Å². The van der Waals surface area contributed by atoms with E-state index in [1.165, 1.54) is 5.56 Å². The van der Waals surface area contributed by atoms with Gasteiger partial charge < -0.3 is 16.2 Å². The smallest absolute Gasteiger partial charge is 0.242 e. The Morgan fingerprint density at radius 3 is 2.29 bits per heavy atom. The van der Waals surface area contributed by atoms with Crippen LogP contribution in [-0.2, 0) is 5.41 Å². The molecule has 0 radical (unpaired) electrons. The molecule has 0 aliphatic heterocycles. The summed E-state index contributed by atoms with van der Waals surface area (Å²) in [6.07, 6.45) is 4.25. The Labute approximate surface area is 123 Å². The zero-order chi connectivity index (χ0) is 14.9. The third-order valence-corrected chi connectivity index (χ3v) is 4.28. The lowest BCUT2D eigenvalue weighted by atomic mass is 9.76. The van der Waals surface area contributed by atoms with Gasteiger partial charge >= 0.3 is 0 Å². The highest BCUT2D eigenvalue weighted by Crippen LogP contribution is 2.47. The molecule has 0 bridgehead atoms. The Hall–Kier alpha value is -2.37. The molecular formula is C15H19N5O. The van der Waals surface area contributed by atoms with Crippen molar-refractivity contribution in [2.24, 2.45) is 0 Å². The largest absolute Gasteiger partial charge is 0.497 e. The Bertz CT molecular complexity index is 635. The number of anilines is 2. The number of aromatic nitrogens is 3. The molecule has 1 aromatic carbocycles. The van der Waals surface area contributed by atoms with E-state index in [0.717, 1.165) is 37.1 Å². The van der Waals surface area contributed by atoms with E-state index in [9.17, 15) is 0 Å². The molecule has 1 heterocycles. The maximum atomic E-state index is 6.06. The highest BCUT2D eigenvalue weighted by atomic mass is 16.5. The minimum atomic E-state index is -0.218. The Kier molecular flexibility index (Phi) is 3.37. The molecule has 3 rings (SSSR count). The van der Waals surface area contributed by atoms with Crippen LogP contribution in [0, 0.1) is 0 Å². The first-order chi connectivity index (χ1) is 10.2. The Balaban J connectivity index is 2.10. The van der Waals surface area contributed by atoms with E-state index < -0.39 is 0 Å². The van der Waals surface area contributed by atoms with Crippen LogP contribution in [0.25, 0.3) is 0 Å². The Morgan fingerprint density at radius 2 is 1.71 bits per heavy atom. The van der Waals surface area contributed by atoms with Gasteiger partial charge in [-0.25, -0.2) is 0 Å². The number of hydrogen-bond donors (Lipinski definition) is 2. The molecule has 1 aliphatic rings. The van der Waals surface area contributed by atoms with Gasteiger partial charge in [0, 0.05) is 5.41 Å². The lowest BCUT2D eigenvalue weighted by Gasteiger charge is -2.29. The molecule has 0 spiro atoms. The number of benzene rings is 1. The van der Waals surface area contributed by atoms with E-state index >= 15 is 0 Å². The second kappa shape index (κ2) is 5.20. The first-order valence-electron chi connectivity index (χ1n) is 7.06. The van der Waals surface area contributed by atoms with Crippen LogP contribution in [0.5, 0.6) is 5.75 Å². The third kappa shape index (κ3) is 2.26. The van der Waals surface area contributed by atoms with Crippen LogP contribution in [0.15, 0.2) is 24.3 Å². The minimum Gasteiger partial charge on any atom is -0.497 e. The van der Waals surface area contributed by atoms with Crippen LogP contribution in [0.4, 0.5) is 11.8 Å². The molecule has 6 heteroatoms. The average Bonchev–Trinajstić information content (AvgIpc) is 2.98. The lowest BCUT2D eigenvalue weighted by molar-refractivity contribution is 0.414. The number of nitrogen functional groups attached to an aromatic ring is 2. The first kappa shape index (κ1) is 13.6. The topological polar surface area (TPSA) is 99.9 Å². The van der Waals surface area contributed by atoms with E-state index in [0.29, 0.717) is 5.82 Å². The number of rotatable bonds is 3. The standard InChI is InChI=1S/C15H19N5O/c1-21-11-6-4-10(5-7-11)15(8-2-3-9-15)12-13(16)18-14(17)20-19-12/h4-7H,2-3,8-9H2,1H3,(H4,16,17,18,20). The highest BCUT2D eigenvalue weighted by Gasteiger charge is 2.41. The molecular weight excluding hydrogens is 266 g/mol. The maximum absolute atomic E-state index is 6.06. The minimum absolute atomic E-state index is 0.110. The van der Waals surface area contributed by atoms with Crippen molar-refractivity contribution in [3.63, 3.8) is 0 Å². The van der Waals surface area contributed by atoms with Crippen molar-refractivity contribution in [1.82, 2.24) is 15.2 Å². The summed E-state index contributed by atoms with van der Waals surface area (Å²) in [6.45, 7) is 0. The van der Waals surface area contributed by atoms with Gasteiger partial charge in [-0.3, -0.25) is 0 Å². The van der Waals surface area contributed by atoms with Crippen LogP contribution in [0.2, 0.25) is 0 Å². The number of nitrogens with zero attached hydrogens (tertiary/aromatic N) is 3. The number of hydrogen-bond acceptors (Lipinski definition) is 6. The van der Waals surface area contributed by atoms with Gasteiger partial charge in [-0.1, -0.05) is 25.0 Å². The summed E-state index contributed by atoms with van der Waals surface area (Å²) in [7, 11) is 1.66. The van der Waals surface area contributed by atoms with Crippen LogP contribution in [0.1, 0.15) is 36.9 Å². The van der Waals surface area contributed by atoms with Crippen molar-refractivity contribution in [3.8, 4) is 5.75 Å². The number of nitrogens with two attached hydrogens (primary N) is 2. The fourth-order valence-corrected chi connectivity index (χ4v) is 3.24. The van der Waals surface area contributed by atoms with Crippen LogP contribution in [-0.4, -0.2) is 22.3 Å². The summed E-state index contributed by atoms with van der Waals surface area (Å²) in [5.41, 5.74) is 13.3. The normalized spacial score (nSPS) is 16.8. The molecule has 6 nitrogen and oxygen atoms in total. The van der Waals surface area contributed by atoms with Crippen molar-refractivity contribution in [1.29, 1.82) is 0 Å². The van der Waals surface area contributed by atoms with Gasteiger partial charge in [0.05, 0.1) is 7.11 Å². The summed E-state index contributed by atoms with van der Waals surface area (Å²) in [5.74, 6) is 1.32. The predicted octanol–water partition coefficient (Wildman–Crippen LogP) is 1.90. The fraction of sp³-hybridized carbons (Fsp3) is 0.400. The maximum Gasteiger partial charge on any atom is 0.242 e. The average molecular weight is 285 g/mol. The van der Waals surface area contributed by atoms with E-state index in [2.05, 4.69) is 27.3 Å². The molecule has 0 saturated heterocycles. The summed E-state index contributed by atoms with van der Waals surface area (Å²) < 4.78 is 5.23. The quantitative estimate of drug-likeness (QED) is 0.893. The van der Waals surface area contributed by atoms with Gasteiger partial charge in [-0.15, -0.1) is 10.2 Å². The molecule has 1 aliphatic carbocycles. The van der Waals surface area contributed by atoms with Crippen LogP contribution in [0.3, 0.4) is 0 Å². The zero-order valence-corrected chi connectivity index (χ0v) is 12.0. The second-order valence-corrected chi connectivity index (χ2v) is 5.42. The van der Waals surface area contributed by atoms with Crippen molar-refractivity contribution in [2.45, 2.75) is 31.1 Å². The summed E-state index contributed by atoms with van der Waals surface area (Å²) in [5, 5.41) is 8.16. The first-order valence-corrected chi connectivity index (χ1v) is 7.06. The van der Waals surface area contributed by atoms with Gasteiger partial charge in [0.25, 0.3) is 0 Å². The Morgan fingerprint density at radius 1 is 1.05 bits per heavy atom. The number of ether oxygens (including phenoxy) is 1. The molecule has 0 amide bonds. The molecule has 21 heavy (non-hydrogen) atoms. The lowest BCUT2D eigenvalue weighted by Crippen LogP contribution is -2.28. The van der Waals surface area contributed by atoms with Gasteiger partial charge in [-0.2, -0.15) is 4.98 Å². The van der Waals surface area contributed by atoms with Gasteiger partial charge in [0.15, 0.2) is 5.82 Å². The summed E-state index contributed by atoms with van der Waals surface area (Å²) in [6, 6.07) is 8.07. The summed E-state index contributed by atoms with van der Waals surface area (Å²) in [4.78, 5) is 4.08. The van der Waals surface area contributed by atoms with E-state index in [1.54, 1.807) is 7.11 Å². The molecule has 2 aromatic rings. The molecule has 0 atom stereocenters. The number of methoxy groups -OCH3 is 1. The second-order valence-electron chi connectivity index (χ2n) is 5.42. The fourth-order valence-electron chi connectivity index (χ4n) is 3.24.